The van der Waals surface area contributed by atoms with Gasteiger partial charge in [0, 0.05) is 25.0 Å². The smallest absolute Gasteiger partial charge is 0.191 e. The van der Waals surface area contributed by atoms with Crippen molar-refractivity contribution in [1.82, 2.24) is 15.0 Å². The summed E-state index contributed by atoms with van der Waals surface area (Å²) in [5, 5.41) is 22.8. The zero-order chi connectivity index (χ0) is 18.4. The predicted octanol–water partition coefficient (Wildman–Crippen LogP) is 2.51. The molecule has 5 N–H and O–H groups in total. The van der Waals surface area contributed by atoms with E-state index in [4.69, 9.17) is 5.73 Å². The number of nitrogens with two attached hydrogens (primary N) is 1. The minimum atomic E-state index is -0.0848. The van der Waals surface area contributed by atoms with Gasteiger partial charge < -0.3 is 21.3 Å². The summed E-state index contributed by atoms with van der Waals surface area (Å²) >= 11 is 2.85. The second-order valence-corrected chi connectivity index (χ2v) is 7.67. The van der Waals surface area contributed by atoms with E-state index in [-0.39, 0.29) is 19.3 Å². The maximum Gasteiger partial charge on any atom is 0.191 e. The number of thiazole rings is 1. The maximum absolute atomic E-state index is 9.24. The summed E-state index contributed by atoms with van der Waals surface area (Å²) in [4.78, 5) is 13.4. The molecule has 2 aromatic heterocycles. The highest BCUT2D eigenvalue weighted by molar-refractivity contribution is 7.98. The van der Waals surface area contributed by atoms with Crippen LogP contribution in [0.15, 0.2) is 35.5 Å². The molecule has 138 valence electrons. The number of aliphatic hydroxyl groups is 2. The molecule has 0 aliphatic heterocycles. The van der Waals surface area contributed by atoms with Gasteiger partial charge in [0.25, 0.3) is 0 Å². The molecular formula is C17H21N5O2S2. The second-order valence-electron chi connectivity index (χ2n) is 5.70. The third kappa shape index (κ3) is 4.82. The minimum absolute atomic E-state index is 0.0341. The molecule has 0 saturated carbocycles. The second kappa shape index (κ2) is 9.13. The fourth-order valence-electron chi connectivity index (χ4n) is 2.50. The van der Waals surface area contributed by atoms with Crippen LogP contribution in [0.5, 0.6) is 0 Å². The van der Waals surface area contributed by atoms with Gasteiger partial charge in [0.15, 0.2) is 21.8 Å². The van der Waals surface area contributed by atoms with E-state index in [9.17, 15) is 10.2 Å². The van der Waals surface area contributed by atoms with E-state index in [0.29, 0.717) is 34.6 Å². The van der Waals surface area contributed by atoms with Gasteiger partial charge in [0.2, 0.25) is 0 Å². The molecule has 0 aliphatic rings. The first-order valence-electron chi connectivity index (χ1n) is 8.28. The van der Waals surface area contributed by atoms with Crippen molar-refractivity contribution in [1.29, 1.82) is 0 Å². The third-order valence-electron chi connectivity index (χ3n) is 3.76. The average molecular weight is 392 g/mol. The maximum atomic E-state index is 9.24. The van der Waals surface area contributed by atoms with Crippen LogP contribution in [0, 0.1) is 0 Å². The SMILES string of the molecule is Nc1nc2nc(SCc3ccccc3)nc(NC(CCO)CCO)c2s1. The monoisotopic (exact) mass is 391 g/mol. The quantitative estimate of drug-likeness (QED) is 0.325. The Labute approximate surface area is 159 Å². The lowest BCUT2D eigenvalue weighted by molar-refractivity contribution is 0.248. The summed E-state index contributed by atoms with van der Waals surface area (Å²) in [6, 6.07) is 10.0. The van der Waals surface area contributed by atoms with Crippen molar-refractivity contribution >= 4 is 44.4 Å². The van der Waals surface area contributed by atoms with E-state index in [2.05, 4.69) is 32.4 Å². The summed E-state index contributed by atoms with van der Waals surface area (Å²) in [7, 11) is 0. The van der Waals surface area contributed by atoms with Crippen LogP contribution < -0.4 is 11.1 Å². The van der Waals surface area contributed by atoms with Crippen molar-refractivity contribution in [3.05, 3.63) is 35.9 Å². The molecule has 3 rings (SSSR count). The zero-order valence-electron chi connectivity index (χ0n) is 14.1. The Hall–Kier alpha value is -1.94. The third-order valence-corrected chi connectivity index (χ3v) is 5.56. The Morgan fingerprint density at radius 3 is 2.50 bits per heavy atom. The molecule has 2 heterocycles. The van der Waals surface area contributed by atoms with Crippen LogP contribution in [0.3, 0.4) is 0 Å². The number of aromatic nitrogens is 3. The van der Waals surface area contributed by atoms with Crippen LogP contribution in [-0.4, -0.2) is 44.4 Å². The van der Waals surface area contributed by atoms with Gasteiger partial charge >= 0.3 is 0 Å². The van der Waals surface area contributed by atoms with E-state index in [1.54, 1.807) is 0 Å². The first-order chi connectivity index (χ1) is 12.7. The molecule has 0 aliphatic carbocycles. The van der Waals surface area contributed by atoms with E-state index >= 15 is 0 Å². The normalized spacial score (nSPS) is 11.3. The summed E-state index contributed by atoms with van der Waals surface area (Å²) in [5.41, 5.74) is 7.60. The summed E-state index contributed by atoms with van der Waals surface area (Å²) < 4.78 is 0.785. The first kappa shape index (κ1) is 18.8. The lowest BCUT2D eigenvalue weighted by atomic mass is 10.1. The van der Waals surface area contributed by atoms with Gasteiger partial charge in [-0.1, -0.05) is 53.4 Å². The molecule has 0 radical (unpaired) electrons. The lowest BCUT2D eigenvalue weighted by Gasteiger charge is -2.17. The number of benzene rings is 1. The largest absolute Gasteiger partial charge is 0.396 e. The number of rotatable bonds is 9. The van der Waals surface area contributed by atoms with Crippen molar-refractivity contribution < 1.29 is 10.2 Å². The van der Waals surface area contributed by atoms with Crippen LogP contribution in [0.2, 0.25) is 0 Å². The van der Waals surface area contributed by atoms with Crippen molar-refractivity contribution in [3.63, 3.8) is 0 Å². The fraction of sp³-hybridized carbons (Fsp3) is 0.353. The molecule has 9 heteroatoms. The number of aliphatic hydroxyl groups excluding tert-OH is 2. The van der Waals surface area contributed by atoms with Gasteiger partial charge in [-0.05, 0) is 18.4 Å². The van der Waals surface area contributed by atoms with Crippen LogP contribution in [0.1, 0.15) is 18.4 Å². The highest BCUT2D eigenvalue weighted by Gasteiger charge is 2.16. The highest BCUT2D eigenvalue weighted by Crippen LogP contribution is 2.32. The van der Waals surface area contributed by atoms with Crippen molar-refractivity contribution in [2.45, 2.75) is 29.8 Å². The summed E-state index contributed by atoms with van der Waals surface area (Å²) in [6.07, 6.45) is 1.04. The van der Waals surface area contributed by atoms with Gasteiger partial charge in [-0.15, -0.1) is 0 Å². The Morgan fingerprint density at radius 1 is 1.08 bits per heavy atom. The molecule has 7 nitrogen and oxygen atoms in total. The van der Waals surface area contributed by atoms with Crippen molar-refractivity contribution in [2.24, 2.45) is 0 Å². The van der Waals surface area contributed by atoms with E-state index < -0.39 is 0 Å². The lowest BCUT2D eigenvalue weighted by Crippen LogP contribution is -2.23. The molecule has 0 atom stereocenters. The molecular weight excluding hydrogens is 370 g/mol. The van der Waals surface area contributed by atoms with E-state index in [1.165, 1.54) is 28.7 Å². The van der Waals surface area contributed by atoms with Crippen LogP contribution >= 0.6 is 23.1 Å². The number of nitrogens with one attached hydrogen (secondary N) is 1. The Bertz CT molecular complexity index is 838. The number of fused-ring (bicyclic) bond motifs is 1. The topological polar surface area (TPSA) is 117 Å². The average Bonchev–Trinajstić information content (AvgIpc) is 3.02. The van der Waals surface area contributed by atoms with Gasteiger partial charge in [-0.2, -0.15) is 0 Å². The molecule has 0 spiro atoms. The van der Waals surface area contributed by atoms with Gasteiger partial charge in [-0.25, -0.2) is 15.0 Å². The summed E-state index contributed by atoms with van der Waals surface area (Å²) in [5.74, 6) is 1.40. The van der Waals surface area contributed by atoms with Gasteiger partial charge in [-0.3, -0.25) is 0 Å². The van der Waals surface area contributed by atoms with Gasteiger partial charge in [0.1, 0.15) is 4.70 Å². The number of hydrogen-bond acceptors (Lipinski definition) is 9. The molecule has 0 bridgehead atoms. The molecule has 1 aromatic carbocycles. The molecule has 0 saturated heterocycles. The van der Waals surface area contributed by atoms with E-state index in [1.807, 2.05) is 18.2 Å². The molecule has 3 aromatic rings. The highest BCUT2D eigenvalue weighted by atomic mass is 32.2. The van der Waals surface area contributed by atoms with Crippen LogP contribution in [-0.2, 0) is 5.75 Å². The van der Waals surface area contributed by atoms with E-state index in [0.717, 1.165) is 10.5 Å². The van der Waals surface area contributed by atoms with Crippen LogP contribution in [0.4, 0.5) is 10.9 Å². The number of hydrogen-bond donors (Lipinski definition) is 4. The Kier molecular flexibility index (Phi) is 6.62. The first-order valence-corrected chi connectivity index (χ1v) is 10.1. The van der Waals surface area contributed by atoms with Gasteiger partial charge in [0.05, 0.1) is 0 Å². The Morgan fingerprint density at radius 2 is 1.81 bits per heavy atom. The predicted molar refractivity (Wildman–Crippen MR) is 106 cm³/mol. The van der Waals surface area contributed by atoms with Crippen LogP contribution in [0.25, 0.3) is 10.3 Å². The van der Waals surface area contributed by atoms with Crippen molar-refractivity contribution in [3.8, 4) is 0 Å². The number of nitrogen functional groups attached to an aromatic ring is 1. The summed E-state index contributed by atoms with van der Waals surface area (Å²) in [6.45, 7) is 0.0681. The molecule has 0 fully saturated rings. The fourth-order valence-corrected chi connectivity index (χ4v) is 4.02. The molecule has 26 heavy (non-hydrogen) atoms. The minimum Gasteiger partial charge on any atom is -0.396 e. The molecule has 0 amide bonds. The Balaban J connectivity index is 1.85. The standard InChI is InChI=1S/C17H21N5O2S2/c18-16-20-15-13(26-16)14(19-12(6-8-23)7-9-24)21-17(22-15)25-10-11-4-2-1-3-5-11/h1-5,12,23-24H,6-10H2,(H3,18,19,20,21,22). The number of thioether (sulfide) groups is 1. The number of anilines is 2. The zero-order valence-corrected chi connectivity index (χ0v) is 15.8. The molecule has 0 unspecified atom stereocenters. The number of nitrogens with zero attached hydrogens (tertiary/aromatic N) is 3. The van der Waals surface area contributed by atoms with Crippen molar-refractivity contribution in [2.75, 3.05) is 24.3 Å².